The Morgan fingerprint density at radius 2 is 1.78 bits per heavy atom. The molecule has 0 aliphatic carbocycles. The number of para-hydroxylation sites is 1. The van der Waals surface area contributed by atoms with Gasteiger partial charge in [-0.15, -0.1) is 0 Å². The third-order valence-electron chi connectivity index (χ3n) is 7.42. The van der Waals surface area contributed by atoms with Crippen LogP contribution < -0.4 is 10.2 Å². The highest BCUT2D eigenvalue weighted by Gasteiger charge is 2.30. The van der Waals surface area contributed by atoms with E-state index in [0.29, 0.717) is 13.0 Å². The first-order valence-corrected chi connectivity index (χ1v) is 13.2. The highest BCUT2D eigenvalue weighted by atomic mass is 16.5. The first-order chi connectivity index (χ1) is 17.6. The van der Waals surface area contributed by atoms with E-state index in [1.807, 2.05) is 0 Å². The topological polar surface area (TPSA) is 74.0 Å². The number of aliphatic hydroxyl groups is 1. The molecule has 192 valence electrons. The predicted molar refractivity (Wildman–Crippen MR) is 141 cm³/mol. The van der Waals surface area contributed by atoms with Crippen LogP contribution in [0.15, 0.2) is 65.2 Å². The van der Waals surface area contributed by atoms with Gasteiger partial charge in [-0.2, -0.15) is 0 Å². The molecule has 1 aromatic heterocycles. The summed E-state index contributed by atoms with van der Waals surface area (Å²) in [6.07, 6.45) is 1.70. The zero-order valence-electron chi connectivity index (χ0n) is 21.2. The number of hydrogen-bond donors (Lipinski definition) is 2. The van der Waals surface area contributed by atoms with Crippen LogP contribution in [0.4, 0.5) is 5.69 Å². The molecule has 7 nitrogen and oxygen atoms in total. The molecule has 3 aromatic rings. The molecule has 7 heteroatoms. The maximum absolute atomic E-state index is 10.5. The minimum Gasteiger partial charge on any atom is -0.390 e. The first-order valence-electron chi connectivity index (χ1n) is 13.2. The number of nitrogens with one attached hydrogen (secondary N) is 1. The Hall–Kier alpha value is -2.71. The summed E-state index contributed by atoms with van der Waals surface area (Å²) >= 11 is 0. The van der Waals surface area contributed by atoms with Crippen LogP contribution in [0.3, 0.4) is 0 Å². The highest BCUT2D eigenvalue weighted by Crippen LogP contribution is 2.23. The van der Waals surface area contributed by atoms with Gasteiger partial charge < -0.3 is 24.6 Å². The maximum atomic E-state index is 10.5. The molecule has 3 atom stereocenters. The number of anilines is 1. The van der Waals surface area contributed by atoms with Crippen LogP contribution in [-0.4, -0.2) is 66.2 Å². The van der Waals surface area contributed by atoms with Gasteiger partial charge in [0.2, 0.25) is 0 Å². The Morgan fingerprint density at radius 3 is 2.58 bits per heavy atom. The smallest absolute Gasteiger partial charge is 0.150 e. The van der Waals surface area contributed by atoms with Gasteiger partial charge in [0, 0.05) is 57.4 Å². The zero-order valence-corrected chi connectivity index (χ0v) is 21.2. The van der Waals surface area contributed by atoms with Gasteiger partial charge >= 0.3 is 0 Å². The molecule has 0 radical (unpaired) electrons. The average Bonchev–Trinajstić information content (AvgIpc) is 3.34. The van der Waals surface area contributed by atoms with Gasteiger partial charge in [0.05, 0.1) is 30.6 Å². The molecule has 2 fully saturated rings. The van der Waals surface area contributed by atoms with Crippen molar-refractivity contribution >= 4 is 5.69 Å². The second-order valence-corrected chi connectivity index (χ2v) is 10.1. The number of piperazine rings is 1. The fraction of sp³-hybridized carbons (Fsp3) is 0.483. The molecule has 0 spiro atoms. The Bertz CT molecular complexity index is 1080. The van der Waals surface area contributed by atoms with E-state index in [1.54, 1.807) is 0 Å². The second-order valence-electron chi connectivity index (χ2n) is 10.1. The normalized spacial score (nSPS) is 23.2. The molecule has 2 aliphatic heterocycles. The Labute approximate surface area is 214 Å². The molecule has 0 saturated carbocycles. The molecular formula is C29H38N4O3. The number of benzene rings is 2. The van der Waals surface area contributed by atoms with Crippen molar-refractivity contribution in [2.45, 2.75) is 57.6 Å². The van der Waals surface area contributed by atoms with Crippen LogP contribution >= 0.6 is 0 Å². The molecule has 3 heterocycles. The largest absolute Gasteiger partial charge is 0.390 e. The van der Waals surface area contributed by atoms with E-state index in [1.165, 1.54) is 16.8 Å². The van der Waals surface area contributed by atoms with Gasteiger partial charge in [-0.3, -0.25) is 4.90 Å². The number of ether oxygens (including phenoxy) is 1. The summed E-state index contributed by atoms with van der Waals surface area (Å²) in [5.41, 5.74) is 4.77. The minimum atomic E-state index is -0.437. The summed E-state index contributed by atoms with van der Waals surface area (Å²) in [5, 5.41) is 18.3. The first kappa shape index (κ1) is 25.0. The Morgan fingerprint density at radius 1 is 1.00 bits per heavy atom. The number of aryl methyl sites for hydroxylation is 1. The SMILES string of the molecule is Cc1ccccc1CNC[C@H]1O[C@H](Cc2cc(CN3CCN(c4ccccc4)CC3)on2)CC[C@@H]1O. The lowest BCUT2D eigenvalue weighted by Gasteiger charge is -2.35. The molecule has 5 rings (SSSR count). The van der Waals surface area contributed by atoms with Gasteiger partial charge in [-0.1, -0.05) is 47.6 Å². The summed E-state index contributed by atoms with van der Waals surface area (Å²) < 4.78 is 11.9. The summed E-state index contributed by atoms with van der Waals surface area (Å²) in [5.74, 6) is 0.908. The van der Waals surface area contributed by atoms with Gasteiger partial charge in [-0.25, -0.2) is 0 Å². The van der Waals surface area contributed by atoms with E-state index in [0.717, 1.165) is 63.6 Å². The second kappa shape index (κ2) is 12.0. The van der Waals surface area contributed by atoms with Crippen LogP contribution in [0.5, 0.6) is 0 Å². The third kappa shape index (κ3) is 6.53. The van der Waals surface area contributed by atoms with E-state index in [9.17, 15) is 5.11 Å². The summed E-state index contributed by atoms with van der Waals surface area (Å²) in [6, 6.07) is 21.0. The van der Waals surface area contributed by atoms with Crippen molar-refractivity contribution in [2.24, 2.45) is 0 Å². The molecule has 2 aromatic carbocycles. The van der Waals surface area contributed by atoms with Gasteiger partial charge in [-0.05, 0) is 43.0 Å². The van der Waals surface area contributed by atoms with Gasteiger partial charge in [0.25, 0.3) is 0 Å². The molecule has 36 heavy (non-hydrogen) atoms. The monoisotopic (exact) mass is 490 g/mol. The summed E-state index contributed by atoms with van der Waals surface area (Å²) in [4.78, 5) is 4.86. The molecule has 0 bridgehead atoms. The predicted octanol–water partition coefficient (Wildman–Crippen LogP) is 3.55. The van der Waals surface area contributed by atoms with E-state index in [2.05, 4.69) is 87.9 Å². The Kier molecular flexibility index (Phi) is 8.33. The third-order valence-corrected chi connectivity index (χ3v) is 7.42. The fourth-order valence-electron chi connectivity index (χ4n) is 5.22. The number of aliphatic hydroxyl groups excluding tert-OH is 1. The zero-order chi connectivity index (χ0) is 24.7. The van der Waals surface area contributed by atoms with Crippen LogP contribution in [-0.2, 0) is 24.2 Å². The molecule has 0 amide bonds. The van der Waals surface area contributed by atoms with E-state index < -0.39 is 6.10 Å². The van der Waals surface area contributed by atoms with Crippen LogP contribution in [0.25, 0.3) is 0 Å². The van der Waals surface area contributed by atoms with Crippen molar-refractivity contribution < 1.29 is 14.4 Å². The van der Waals surface area contributed by atoms with Gasteiger partial charge in [0.1, 0.15) is 0 Å². The van der Waals surface area contributed by atoms with E-state index >= 15 is 0 Å². The van der Waals surface area contributed by atoms with Crippen LogP contribution in [0.1, 0.15) is 35.4 Å². The molecular weight excluding hydrogens is 452 g/mol. The molecule has 0 unspecified atom stereocenters. The maximum Gasteiger partial charge on any atom is 0.150 e. The lowest BCUT2D eigenvalue weighted by atomic mass is 9.98. The lowest BCUT2D eigenvalue weighted by molar-refractivity contribution is -0.115. The van der Waals surface area contributed by atoms with E-state index in [4.69, 9.17) is 9.26 Å². The van der Waals surface area contributed by atoms with Crippen molar-refractivity contribution in [3.05, 3.63) is 83.2 Å². The number of nitrogens with zero attached hydrogens (tertiary/aromatic N) is 3. The number of hydrogen-bond acceptors (Lipinski definition) is 7. The van der Waals surface area contributed by atoms with Gasteiger partial charge in [0.15, 0.2) is 5.76 Å². The minimum absolute atomic E-state index is 0.0472. The standard InChI is InChI=1S/C29H38N4O3/c1-22-7-5-6-8-23(22)19-30-20-29-28(34)12-11-26(35-29)17-24-18-27(36-31-24)21-32-13-15-33(16-14-32)25-9-3-2-4-10-25/h2-10,18,26,28-30,34H,11-17,19-21H2,1H3/t26-,28-,29+/m0/s1. The Balaban J connectivity index is 1.06. The number of rotatable bonds is 9. The van der Waals surface area contributed by atoms with Crippen molar-refractivity contribution in [1.82, 2.24) is 15.4 Å². The summed E-state index contributed by atoms with van der Waals surface area (Å²) in [7, 11) is 0. The summed E-state index contributed by atoms with van der Waals surface area (Å²) in [6.45, 7) is 8.35. The van der Waals surface area contributed by atoms with Crippen LogP contribution in [0.2, 0.25) is 0 Å². The lowest BCUT2D eigenvalue weighted by Crippen LogP contribution is -2.45. The highest BCUT2D eigenvalue weighted by molar-refractivity contribution is 5.46. The van der Waals surface area contributed by atoms with Crippen molar-refractivity contribution in [3.63, 3.8) is 0 Å². The van der Waals surface area contributed by atoms with Crippen molar-refractivity contribution in [2.75, 3.05) is 37.6 Å². The fourth-order valence-corrected chi connectivity index (χ4v) is 5.22. The molecule has 2 saturated heterocycles. The van der Waals surface area contributed by atoms with Crippen molar-refractivity contribution in [1.29, 1.82) is 0 Å². The van der Waals surface area contributed by atoms with E-state index in [-0.39, 0.29) is 12.2 Å². The molecule has 2 aliphatic rings. The van der Waals surface area contributed by atoms with Crippen molar-refractivity contribution in [3.8, 4) is 0 Å². The quantitative estimate of drug-likeness (QED) is 0.475. The molecule has 2 N–H and O–H groups in total. The number of aromatic nitrogens is 1. The average molecular weight is 491 g/mol. The van der Waals surface area contributed by atoms with Crippen LogP contribution in [0, 0.1) is 6.92 Å².